The highest BCUT2D eigenvalue weighted by Crippen LogP contribution is 2.19. The molecule has 0 saturated heterocycles. The van der Waals surface area contributed by atoms with Gasteiger partial charge in [-0.25, -0.2) is 4.79 Å². The van der Waals surface area contributed by atoms with Crippen molar-refractivity contribution >= 4 is 17.8 Å². The smallest absolute Gasteiger partial charge is 0.343 e. The summed E-state index contributed by atoms with van der Waals surface area (Å²) in [6, 6.07) is 10.1. The Balaban J connectivity index is 2.27. The molecular weight excluding hydrogens is 376 g/mol. The van der Waals surface area contributed by atoms with E-state index in [1.807, 2.05) is 6.07 Å². The molecule has 1 aromatic carbocycles. The molecule has 0 atom stereocenters. The van der Waals surface area contributed by atoms with Crippen LogP contribution < -0.4 is 15.0 Å². The van der Waals surface area contributed by atoms with Crippen molar-refractivity contribution in [3.05, 3.63) is 63.6 Å². The van der Waals surface area contributed by atoms with Crippen molar-refractivity contribution in [1.82, 2.24) is 4.57 Å². The number of ether oxygens (including phenoxy) is 3. The molecule has 0 spiro atoms. The van der Waals surface area contributed by atoms with Crippen LogP contribution in [0.3, 0.4) is 0 Å². The SMILES string of the molecule is COC(=O)COc1cccc(/C=C/C(=O)c2c(OCC#N)cc(C)n(C)c2=O)c1. The average Bonchev–Trinajstić information content (AvgIpc) is 2.72. The maximum atomic E-state index is 12.7. The summed E-state index contributed by atoms with van der Waals surface area (Å²) in [6.07, 6.45) is 2.76. The van der Waals surface area contributed by atoms with E-state index < -0.39 is 17.3 Å². The molecule has 0 unspecified atom stereocenters. The van der Waals surface area contributed by atoms with Crippen LogP contribution in [0.15, 0.2) is 41.2 Å². The maximum Gasteiger partial charge on any atom is 0.343 e. The molecule has 0 saturated carbocycles. The van der Waals surface area contributed by atoms with Gasteiger partial charge in [0.25, 0.3) is 5.56 Å². The Bertz CT molecular complexity index is 1050. The van der Waals surface area contributed by atoms with Crippen molar-refractivity contribution in [3.8, 4) is 17.6 Å². The van der Waals surface area contributed by atoms with Gasteiger partial charge in [0.05, 0.1) is 7.11 Å². The number of hydrogen-bond acceptors (Lipinski definition) is 7. The van der Waals surface area contributed by atoms with Gasteiger partial charge in [-0.2, -0.15) is 5.26 Å². The van der Waals surface area contributed by atoms with E-state index in [9.17, 15) is 14.4 Å². The molecule has 0 fully saturated rings. The number of aryl methyl sites for hydroxylation is 1. The maximum absolute atomic E-state index is 12.7. The monoisotopic (exact) mass is 396 g/mol. The van der Waals surface area contributed by atoms with Gasteiger partial charge >= 0.3 is 5.97 Å². The quantitative estimate of drug-likeness (QED) is 0.382. The Kier molecular flexibility index (Phi) is 7.32. The van der Waals surface area contributed by atoms with Crippen LogP contribution in [0.25, 0.3) is 6.08 Å². The van der Waals surface area contributed by atoms with Crippen molar-refractivity contribution in [2.45, 2.75) is 6.92 Å². The third kappa shape index (κ3) is 5.56. The molecule has 0 amide bonds. The van der Waals surface area contributed by atoms with E-state index in [0.29, 0.717) is 17.0 Å². The Labute approximate surface area is 167 Å². The van der Waals surface area contributed by atoms with Gasteiger partial charge in [0.15, 0.2) is 19.0 Å². The highest BCUT2D eigenvalue weighted by Gasteiger charge is 2.18. The minimum Gasteiger partial charge on any atom is -0.482 e. The summed E-state index contributed by atoms with van der Waals surface area (Å²) in [5.41, 5.74) is 0.563. The molecule has 1 heterocycles. The summed E-state index contributed by atoms with van der Waals surface area (Å²) in [6.45, 7) is 1.18. The van der Waals surface area contributed by atoms with E-state index in [2.05, 4.69) is 4.74 Å². The molecule has 0 bridgehead atoms. The molecule has 1 aromatic heterocycles. The minimum absolute atomic E-state index is 0.0666. The van der Waals surface area contributed by atoms with Crippen LogP contribution in [0.1, 0.15) is 21.6 Å². The average molecular weight is 396 g/mol. The largest absolute Gasteiger partial charge is 0.482 e. The molecule has 2 aromatic rings. The number of rotatable bonds is 8. The Morgan fingerprint density at radius 1 is 1.24 bits per heavy atom. The highest BCUT2D eigenvalue weighted by molar-refractivity contribution is 6.08. The third-order valence-corrected chi connectivity index (χ3v) is 4.04. The van der Waals surface area contributed by atoms with Gasteiger partial charge in [0.1, 0.15) is 23.1 Å². The molecule has 0 aliphatic heterocycles. The fourth-order valence-electron chi connectivity index (χ4n) is 2.41. The van der Waals surface area contributed by atoms with E-state index in [0.717, 1.165) is 0 Å². The number of nitriles is 1. The lowest BCUT2D eigenvalue weighted by molar-refractivity contribution is -0.142. The van der Waals surface area contributed by atoms with Crippen LogP contribution in [0.2, 0.25) is 0 Å². The fraction of sp³-hybridized carbons (Fsp3) is 0.238. The first-order valence-electron chi connectivity index (χ1n) is 8.59. The van der Waals surface area contributed by atoms with Crippen molar-refractivity contribution < 1.29 is 23.8 Å². The number of carbonyl (C=O) groups excluding carboxylic acids is 2. The predicted octanol–water partition coefficient (Wildman–Crippen LogP) is 2.04. The highest BCUT2D eigenvalue weighted by atomic mass is 16.6. The number of ketones is 1. The standard InChI is InChI=1S/C21H20N2O6/c1-14-11-18(28-10-9-22)20(21(26)23(14)2)17(24)8-7-15-5-4-6-16(12-15)29-13-19(25)27-3/h4-8,11-12H,10,13H2,1-3H3/b8-7+. The molecule has 0 aliphatic rings. The molecule has 2 rings (SSSR count). The number of pyridine rings is 1. The molecule has 150 valence electrons. The van der Waals surface area contributed by atoms with Gasteiger partial charge < -0.3 is 18.8 Å². The number of esters is 1. The Morgan fingerprint density at radius 2 is 2.00 bits per heavy atom. The lowest BCUT2D eigenvalue weighted by Gasteiger charge is -2.11. The summed E-state index contributed by atoms with van der Waals surface area (Å²) >= 11 is 0. The lowest BCUT2D eigenvalue weighted by atomic mass is 10.1. The minimum atomic E-state index is -0.556. The predicted molar refractivity (Wildman–Crippen MR) is 105 cm³/mol. The van der Waals surface area contributed by atoms with Crippen LogP contribution in [0, 0.1) is 18.3 Å². The summed E-state index contributed by atoms with van der Waals surface area (Å²) in [4.78, 5) is 36.4. The van der Waals surface area contributed by atoms with Crippen molar-refractivity contribution in [3.63, 3.8) is 0 Å². The number of benzene rings is 1. The van der Waals surface area contributed by atoms with Crippen molar-refractivity contribution in [2.75, 3.05) is 20.3 Å². The third-order valence-electron chi connectivity index (χ3n) is 4.04. The summed E-state index contributed by atoms with van der Waals surface area (Å²) < 4.78 is 16.4. The zero-order valence-electron chi connectivity index (χ0n) is 16.3. The number of hydrogen-bond donors (Lipinski definition) is 0. The Hall–Kier alpha value is -3.86. The van der Waals surface area contributed by atoms with Crippen LogP contribution in [-0.2, 0) is 16.6 Å². The van der Waals surface area contributed by atoms with E-state index >= 15 is 0 Å². The first kappa shape index (κ1) is 21.4. The van der Waals surface area contributed by atoms with Crippen molar-refractivity contribution in [1.29, 1.82) is 5.26 Å². The number of aromatic nitrogens is 1. The van der Waals surface area contributed by atoms with Crippen LogP contribution in [-0.4, -0.2) is 36.6 Å². The lowest BCUT2D eigenvalue weighted by Crippen LogP contribution is -2.26. The number of methoxy groups -OCH3 is 1. The topological polar surface area (TPSA) is 108 Å². The fourth-order valence-corrected chi connectivity index (χ4v) is 2.41. The zero-order chi connectivity index (χ0) is 21.4. The summed E-state index contributed by atoms with van der Waals surface area (Å²) in [5.74, 6) is -0.577. The summed E-state index contributed by atoms with van der Waals surface area (Å²) in [7, 11) is 2.81. The van der Waals surface area contributed by atoms with E-state index in [4.69, 9.17) is 14.7 Å². The van der Waals surface area contributed by atoms with E-state index in [1.165, 1.54) is 23.8 Å². The second kappa shape index (κ2) is 9.90. The molecule has 8 heteroatoms. The normalized spacial score (nSPS) is 10.4. The van der Waals surface area contributed by atoms with Crippen LogP contribution in [0.4, 0.5) is 0 Å². The van der Waals surface area contributed by atoms with Crippen molar-refractivity contribution in [2.24, 2.45) is 7.05 Å². The number of allylic oxidation sites excluding steroid dienone is 1. The van der Waals surface area contributed by atoms with Gasteiger partial charge in [-0.1, -0.05) is 18.2 Å². The van der Waals surface area contributed by atoms with Gasteiger partial charge in [0, 0.05) is 18.8 Å². The Morgan fingerprint density at radius 3 is 2.69 bits per heavy atom. The van der Waals surface area contributed by atoms with Gasteiger partial charge in [-0.15, -0.1) is 0 Å². The molecule has 0 aliphatic carbocycles. The van der Waals surface area contributed by atoms with Crippen LogP contribution in [0.5, 0.6) is 11.5 Å². The molecule has 8 nitrogen and oxygen atoms in total. The van der Waals surface area contributed by atoms with E-state index in [-0.39, 0.29) is 24.5 Å². The molecule has 0 N–H and O–H groups in total. The zero-order valence-corrected chi connectivity index (χ0v) is 16.3. The van der Waals surface area contributed by atoms with Gasteiger partial charge in [-0.05, 0) is 30.7 Å². The molecular formula is C21H20N2O6. The van der Waals surface area contributed by atoms with Crippen LogP contribution >= 0.6 is 0 Å². The van der Waals surface area contributed by atoms with E-state index in [1.54, 1.807) is 44.3 Å². The first-order chi connectivity index (χ1) is 13.9. The first-order valence-corrected chi connectivity index (χ1v) is 8.59. The van der Waals surface area contributed by atoms with Gasteiger partial charge in [0.2, 0.25) is 0 Å². The number of nitrogens with zero attached hydrogens (tertiary/aromatic N) is 2. The summed E-state index contributed by atoms with van der Waals surface area (Å²) in [5, 5.41) is 8.72. The van der Waals surface area contributed by atoms with Gasteiger partial charge in [-0.3, -0.25) is 9.59 Å². The number of carbonyl (C=O) groups is 2. The molecule has 0 radical (unpaired) electrons. The second-order valence-corrected chi connectivity index (χ2v) is 5.97. The molecule has 29 heavy (non-hydrogen) atoms. The second-order valence-electron chi connectivity index (χ2n) is 5.97.